The molecule has 0 aliphatic heterocycles. The Morgan fingerprint density at radius 3 is 2.67 bits per heavy atom. The topological polar surface area (TPSA) is 46.2 Å². The molecule has 4 heteroatoms. The van der Waals surface area contributed by atoms with Crippen LogP contribution < -0.4 is 5.73 Å². The number of aliphatic hydroxyl groups is 1. The van der Waals surface area contributed by atoms with Gasteiger partial charge in [-0.1, -0.05) is 13.0 Å². The molecule has 1 unspecified atom stereocenters. The Hall–Kier alpha value is -0.580. The zero-order valence-corrected chi connectivity index (χ0v) is 9.72. The average Bonchev–Trinajstić information content (AvgIpc) is 2.17. The Bertz CT molecular complexity index is 330. The van der Waals surface area contributed by atoms with E-state index in [1.165, 1.54) is 17.8 Å². The second-order valence-corrected chi connectivity index (χ2v) is 5.03. The van der Waals surface area contributed by atoms with Gasteiger partial charge in [-0.2, -0.15) is 0 Å². The van der Waals surface area contributed by atoms with Crippen molar-refractivity contribution in [1.29, 1.82) is 0 Å². The van der Waals surface area contributed by atoms with E-state index in [1.54, 1.807) is 13.0 Å². The largest absolute Gasteiger partial charge is 0.395 e. The summed E-state index contributed by atoms with van der Waals surface area (Å²) in [5.74, 6) is -0.278. The minimum Gasteiger partial charge on any atom is -0.395 e. The normalized spacial score (nSPS) is 15.0. The smallest absolute Gasteiger partial charge is 0.129 e. The lowest BCUT2D eigenvalue weighted by Crippen LogP contribution is -2.10. The first-order valence-electron chi connectivity index (χ1n) is 4.87. The van der Waals surface area contributed by atoms with Crippen LogP contribution in [0.1, 0.15) is 25.5 Å². The number of hydrogen-bond donors (Lipinski definition) is 2. The van der Waals surface area contributed by atoms with Crippen LogP contribution in [0.4, 0.5) is 4.39 Å². The Labute approximate surface area is 93.7 Å². The quantitative estimate of drug-likeness (QED) is 0.779. The van der Waals surface area contributed by atoms with Crippen LogP contribution in [0.5, 0.6) is 0 Å². The van der Waals surface area contributed by atoms with E-state index in [2.05, 4.69) is 0 Å². The van der Waals surface area contributed by atoms with Crippen LogP contribution in [0.15, 0.2) is 23.1 Å². The molecule has 0 heterocycles. The number of aliphatic hydroxyl groups excluding tert-OH is 1. The molecule has 0 radical (unpaired) electrons. The fourth-order valence-corrected chi connectivity index (χ4v) is 2.39. The van der Waals surface area contributed by atoms with Gasteiger partial charge in [-0.15, -0.1) is 11.8 Å². The molecule has 0 aliphatic rings. The molecule has 0 spiro atoms. The highest BCUT2D eigenvalue weighted by atomic mass is 32.2. The van der Waals surface area contributed by atoms with E-state index in [0.29, 0.717) is 5.56 Å². The van der Waals surface area contributed by atoms with E-state index >= 15 is 0 Å². The lowest BCUT2D eigenvalue weighted by molar-refractivity contribution is 0.300. The predicted octanol–water partition coefficient (Wildman–Crippen LogP) is 2.32. The second kappa shape index (κ2) is 5.49. The van der Waals surface area contributed by atoms with Crippen molar-refractivity contribution < 1.29 is 9.50 Å². The third-order valence-electron chi connectivity index (χ3n) is 2.05. The van der Waals surface area contributed by atoms with Crippen molar-refractivity contribution in [2.24, 2.45) is 5.73 Å². The first-order chi connectivity index (χ1) is 7.06. The van der Waals surface area contributed by atoms with Crippen molar-refractivity contribution in [1.82, 2.24) is 0 Å². The van der Waals surface area contributed by atoms with Gasteiger partial charge in [0.25, 0.3) is 0 Å². The molecule has 15 heavy (non-hydrogen) atoms. The van der Waals surface area contributed by atoms with Gasteiger partial charge in [0.2, 0.25) is 0 Å². The molecule has 3 N–H and O–H groups in total. The van der Waals surface area contributed by atoms with E-state index in [1.807, 2.05) is 13.0 Å². The van der Waals surface area contributed by atoms with Gasteiger partial charge in [0, 0.05) is 21.8 Å². The van der Waals surface area contributed by atoms with Gasteiger partial charge in [0.1, 0.15) is 5.82 Å². The molecule has 0 fully saturated rings. The summed E-state index contributed by atoms with van der Waals surface area (Å²) in [5.41, 5.74) is 6.25. The number of halogens is 1. The average molecular weight is 229 g/mol. The van der Waals surface area contributed by atoms with Crippen LogP contribution in [-0.2, 0) is 0 Å². The van der Waals surface area contributed by atoms with Gasteiger partial charge in [-0.05, 0) is 19.1 Å². The predicted molar refractivity (Wildman–Crippen MR) is 61.4 cm³/mol. The minimum absolute atomic E-state index is 0.0456. The zero-order chi connectivity index (χ0) is 11.4. The maximum absolute atomic E-state index is 13.5. The SMILES string of the molecule is CC(CO)Sc1cccc(F)c1[C@H](C)N. The molecular weight excluding hydrogens is 213 g/mol. The van der Waals surface area contributed by atoms with Crippen LogP contribution in [-0.4, -0.2) is 17.0 Å². The molecule has 0 aromatic heterocycles. The number of nitrogens with two attached hydrogens (primary N) is 1. The molecule has 1 aromatic carbocycles. The van der Waals surface area contributed by atoms with Gasteiger partial charge in [-0.3, -0.25) is 0 Å². The second-order valence-electron chi connectivity index (χ2n) is 3.55. The van der Waals surface area contributed by atoms with Gasteiger partial charge in [0.05, 0.1) is 6.61 Å². The molecule has 0 bridgehead atoms. The summed E-state index contributed by atoms with van der Waals surface area (Å²) in [6.07, 6.45) is 0. The van der Waals surface area contributed by atoms with Crippen LogP contribution in [0.2, 0.25) is 0 Å². The Kier molecular flexibility index (Phi) is 4.57. The summed E-state index contributed by atoms with van der Waals surface area (Å²) in [4.78, 5) is 0.812. The summed E-state index contributed by atoms with van der Waals surface area (Å²) < 4.78 is 13.5. The third-order valence-corrected chi connectivity index (χ3v) is 3.21. The van der Waals surface area contributed by atoms with Crippen LogP contribution in [0.3, 0.4) is 0 Å². The number of hydrogen-bond acceptors (Lipinski definition) is 3. The van der Waals surface area contributed by atoms with Crippen molar-refractivity contribution in [3.05, 3.63) is 29.6 Å². The molecule has 1 rings (SSSR count). The number of benzene rings is 1. The van der Waals surface area contributed by atoms with Gasteiger partial charge < -0.3 is 10.8 Å². The molecule has 0 saturated carbocycles. The van der Waals surface area contributed by atoms with E-state index in [4.69, 9.17) is 10.8 Å². The molecule has 0 amide bonds. The highest BCUT2D eigenvalue weighted by molar-refractivity contribution is 8.00. The van der Waals surface area contributed by atoms with Crippen molar-refractivity contribution in [2.75, 3.05) is 6.61 Å². The van der Waals surface area contributed by atoms with Crippen molar-refractivity contribution >= 4 is 11.8 Å². The first-order valence-corrected chi connectivity index (χ1v) is 5.75. The molecule has 2 nitrogen and oxygen atoms in total. The maximum Gasteiger partial charge on any atom is 0.129 e. The van der Waals surface area contributed by atoms with Crippen LogP contribution >= 0.6 is 11.8 Å². The van der Waals surface area contributed by atoms with Crippen LogP contribution in [0.25, 0.3) is 0 Å². The van der Waals surface area contributed by atoms with Crippen LogP contribution in [0, 0.1) is 5.82 Å². The van der Waals surface area contributed by atoms with Crippen molar-refractivity contribution in [3.63, 3.8) is 0 Å². The number of thioether (sulfide) groups is 1. The standard InChI is InChI=1S/C11H16FNOS/c1-7(6-14)15-10-5-3-4-9(12)11(10)8(2)13/h3-5,7-8,14H,6,13H2,1-2H3/t7?,8-/m0/s1. The molecule has 84 valence electrons. The molecule has 2 atom stereocenters. The Morgan fingerprint density at radius 2 is 2.13 bits per heavy atom. The summed E-state index contributed by atoms with van der Waals surface area (Å²) in [7, 11) is 0. The number of rotatable bonds is 4. The van der Waals surface area contributed by atoms with E-state index in [-0.39, 0.29) is 23.7 Å². The van der Waals surface area contributed by atoms with Gasteiger partial charge in [0.15, 0.2) is 0 Å². The third kappa shape index (κ3) is 3.19. The summed E-state index contributed by atoms with van der Waals surface area (Å²) >= 11 is 1.44. The summed E-state index contributed by atoms with van der Waals surface area (Å²) in [6, 6.07) is 4.57. The molecule has 0 aliphatic carbocycles. The van der Waals surface area contributed by atoms with Gasteiger partial charge in [-0.25, -0.2) is 4.39 Å². The maximum atomic E-state index is 13.5. The fourth-order valence-electron chi connectivity index (χ4n) is 1.32. The Morgan fingerprint density at radius 1 is 1.47 bits per heavy atom. The zero-order valence-electron chi connectivity index (χ0n) is 8.90. The van der Waals surface area contributed by atoms with E-state index in [0.717, 1.165) is 4.90 Å². The Balaban J connectivity index is 3.00. The molecule has 0 saturated heterocycles. The van der Waals surface area contributed by atoms with Crippen molar-refractivity contribution in [2.45, 2.75) is 30.0 Å². The fraction of sp³-hybridized carbons (Fsp3) is 0.455. The summed E-state index contributed by atoms with van der Waals surface area (Å²) in [5, 5.41) is 8.99. The minimum atomic E-state index is -0.334. The lowest BCUT2D eigenvalue weighted by atomic mass is 10.1. The van der Waals surface area contributed by atoms with E-state index < -0.39 is 0 Å². The van der Waals surface area contributed by atoms with Gasteiger partial charge >= 0.3 is 0 Å². The van der Waals surface area contributed by atoms with E-state index in [9.17, 15) is 4.39 Å². The highest BCUT2D eigenvalue weighted by Crippen LogP contribution is 2.31. The molecular formula is C11H16FNOS. The highest BCUT2D eigenvalue weighted by Gasteiger charge is 2.14. The molecule has 1 aromatic rings. The van der Waals surface area contributed by atoms with Crippen molar-refractivity contribution in [3.8, 4) is 0 Å². The first kappa shape index (κ1) is 12.5. The monoisotopic (exact) mass is 229 g/mol. The summed E-state index contributed by atoms with van der Waals surface area (Å²) in [6.45, 7) is 3.71. The lowest BCUT2D eigenvalue weighted by Gasteiger charge is -2.15.